The molecule has 0 spiro atoms. The van der Waals surface area contributed by atoms with E-state index in [1.807, 2.05) is 34.6 Å². The van der Waals surface area contributed by atoms with Crippen molar-refractivity contribution >= 4 is 12.3 Å². The first-order valence-corrected chi connectivity index (χ1v) is 6.80. The molecule has 116 valence electrons. The fourth-order valence-corrected chi connectivity index (χ4v) is 0.697. The molecule has 0 rings (SSSR count). The van der Waals surface area contributed by atoms with Crippen LogP contribution in [0.1, 0.15) is 53.9 Å². The predicted molar refractivity (Wildman–Crippen MR) is 80.1 cm³/mol. The minimum atomic E-state index is 0.0417. The number of hydrogen-bond acceptors (Lipinski definition) is 3. The molecule has 0 aliphatic heterocycles. The van der Waals surface area contributed by atoms with E-state index in [0.717, 1.165) is 12.8 Å². The van der Waals surface area contributed by atoms with Gasteiger partial charge in [0.25, 0.3) is 0 Å². The molecule has 0 saturated carbocycles. The SMILES string of the molecule is CC.CNC(=O)CCCCNC=O.COC(C)(C)C. The maximum Gasteiger partial charge on any atom is 0.219 e. The molecule has 0 aliphatic rings. The van der Waals surface area contributed by atoms with Crippen molar-refractivity contribution < 1.29 is 14.3 Å². The standard InChI is InChI=1S/C7H14N2O2.C5H12O.C2H6/c1-8-7(11)4-2-3-5-9-6-10;1-5(2,3)6-4;1-2/h6H,2-5H2,1H3,(H,8,11)(H,9,10);1-4H3;1-2H3. The molecule has 0 atom stereocenters. The van der Waals surface area contributed by atoms with Crippen LogP contribution < -0.4 is 10.6 Å². The number of carbonyl (C=O) groups is 2. The van der Waals surface area contributed by atoms with Crippen LogP contribution in [0, 0.1) is 0 Å². The van der Waals surface area contributed by atoms with E-state index in [-0.39, 0.29) is 11.5 Å². The number of carbonyl (C=O) groups excluding carboxylic acids is 2. The van der Waals surface area contributed by atoms with Crippen LogP contribution in [0.2, 0.25) is 0 Å². The summed E-state index contributed by atoms with van der Waals surface area (Å²) in [6, 6.07) is 0. The molecule has 0 aliphatic carbocycles. The highest BCUT2D eigenvalue weighted by Crippen LogP contribution is 2.02. The van der Waals surface area contributed by atoms with Crippen molar-refractivity contribution in [3.63, 3.8) is 0 Å². The summed E-state index contributed by atoms with van der Waals surface area (Å²) in [7, 11) is 3.33. The van der Waals surface area contributed by atoms with Crippen LogP contribution in [-0.2, 0) is 14.3 Å². The van der Waals surface area contributed by atoms with Gasteiger partial charge < -0.3 is 15.4 Å². The third-order valence-electron chi connectivity index (χ3n) is 1.95. The average Bonchev–Trinajstić information content (AvgIpc) is 2.40. The number of rotatable bonds is 6. The molecule has 0 aromatic heterocycles. The van der Waals surface area contributed by atoms with Crippen LogP contribution >= 0.6 is 0 Å². The second kappa shape index (κ2) is 16.9. The Bertz CT molecular complexity index is 201. The minimum Gasteiger partial charge on any atom is -0.379 e. The Balaban J connectivity index is -0.000000271. The van der Waals surface area contributed by atoms with Crippen LogP contribution in [-0.4, -0.2) is 38.6 Å². The van der Waals surface area contributed by atoms with Gasteiger partial charge in [-0.15, -0.1) is 0 Å². The lowest BCUT2D eigenvalue weighted by Crippen LogP contribution is -2.18. The topological polar surface area (TPSA) is 67.4 Å². The van der Waals surface area contributed by atoms with Gasteiger partial charge in [0, 0.05) is 27.1 Å². The van der Waals surface area contributed by atoms with E-state index in [4.69, 9.17) is 4.74 Å². The van der Waals surface area contributed by atoms with Crippen LogP contribution in [0.25, 0.3) is 0 Å². The molecule has 0 bridgehead atoms. The first-order chi connectivity index (χ1) is 8.87. The zero-order chi connectivity index (χ0) is 15.7. The van der Waals surface area contributed by atoms with E-state index in [1.54, 1.807) is 14.2 Å². The molecule has 2 N–H and O–H groups in total. The van der Waals surface area contributed by atoms with Crippen molar-refractivity contribution in [1.29, 1.82) is 0 Å². The Morgan fingerprint density at radius 3 is 2.00 bits per heavy atom. The van der Waals surface area contributed by atoms with Crippen molar-refractivity contribution in [3.8, 4) is 0 Å². The van der Waals surface area contributed by atoms with Gasteiger partial charge in [0.05, 0.1) is 5.60 Å². The van der Waals surface area contributed by atoms with E-state index in [2.05, 4.69) is 10.6 Å². The third-order valence-corrected chi connectivity index (χ3v) is 1.95. The molecule has 0 radical (unpaired) electrons. The van der Waals surface area contributed by atoms with Crippen LogP contribution in [0.5, 0.6) is 0 Å². The lowest BCUT2D eigenvalue weighted by Gasteiger charge is -2.14. The highest BCUT2D eigenvalue weighted by Gasteiger charge is 2.04. The smallest absolute Gasteiger partial charge is 0.219 e. The van der Waals surface area contributed by atoms with Crippen LogP contribution in [0.4, 0.5) is 0 Å². The van der Waals surface area contributed by atoms with Gasteiger partial charge in [-0.25, -0.2) is 0 Å². The number of nitrogens with one attached hydrogen (secondary N) is 2. The Morgan fingerprint density at radius 1 is 1.21 bits per heavy atom. The van der Waals surface area contributed by atoms with Gasteiger partial charge in [-0.1, -0.05) is 13.8 Å². The van der Waals surface area contributed by atoms with E-state index in [1.165, 1.54) is 0 Å². The van der Waals surface area contributed by atoms with Gasteiger partial charge in [0.1, 0.15) is 0 Å². The molecule has 2 amide bonds. The first-order valence-electron chi connectivity index (χ1n) is 6.80. The normalized spacial score (nSPS) is 9.21. The lowest BCUT2D eigenvalue weighted by atomic mass is 10.2. The second-order valence-electron chi connectivity index (χ2n) is 4.52. The van der Waals surface area contributed by atoms with Gasteiger partial charge in [0.15, 0.2) is 0 Å². The largest absolute Gasteiger partial charge is 0.379 e. The molecule has 0 fully saturated rings. The predicted octanol–water partition coefficient (Wildman–Crippen LogP) is 2.11. The second-order valence-corrected chi connectivity index (χ2v) is 4.52. The summed E-state index contributed by atoms with van der Waals surface area (Å²) in [6.07, 6.45) is 2.88. The Morgan fingerprint density at radius 2 is 1.68 bits per heavy atom. The highest BCUT2D eigenvalue weighted by molar-refractivity contribution is 5.75. The molecule has 0 aromatic carbocycles. The zero-order valence-electron chi connectivity index (χ0n) is 13.6. The van der Waals surface area contributed by atoms with Crippen molar-refractivity contribution in [2.24, 2.45) is 0 Å². The van der Waals surface area contributed by atoms with Crippen molar-refractivity contribution in [2.45, 2.75) is 59.5 Å². The van der Waals surface area contributed by atoms with Gasteiger partial charge in [0.2, 0.25) is 12.3 Å². The molecule has 0 heterocycles. The van der Waals surface area contributed by atoms with Gasteiger partial charge in [-0.2, -0.15) is 0 Å². The summed E-state index contributed by atoms with van der Waals surface area (Å²) in [4.78, 5) is 20.4. The highest BCUT2D eigenvalue weighted by atomic mass is 16.5. The summed E-state index contributed by atoms with van der Waals surface area (Å²) < 4.78 is 4.94. The molecular formula is C14H32N2O3. The molecule has 0 unspecified atom stereocenters. The van der Waals surface area contributed by atoms with Gasteiger partial charge in [-0.3, -0.25) is 9.59 Å². The Hall–Kier alpha value is -1.10. The van der Waals surface area contributed by atoms with Gasteiger partial charge >= 0.3 is 0 Å². The lowest BCUT2D eigenvalue weighted by molar-refractivity contribution is -0.120. The number of ether oxygens (including phenoxy) is 1. The summed E-state index contributed by atoms with van der Waals surface area (Å²) in [6.45, 7) is 10.7. The molecule has 5 heteroatoms. The Kier molecular flexibility index (Phi) is 20.5. The van der Waals surface area contributed by atoms with Crippen molar-refractivity contribution in [2.75, 3.05) is 20.7 Å². The van der Waals surface area contributed by atoms with E-state index in [9.17, 15) is 9.59 Å². The number of unbranched alkanes of at least 4 members (excludes halogenated alkanes) is 1. The first kappa shape index (κ1) is 23.0. The molecule has 5 nitrogen and oxygen atoms in total. The van der Waals surface area contributed by atoms with E-state index >= 15 is 0 Å². The Labute approximate surface area is 118 Å². The van der Waals surface area contributed by atoms with Crippen molar-refractivity contribution in [1.82, 2.24) is 10.6 Å². The molecule has 0 saturated heterocycles. The number of methoxy groups -OCH3 is 1. The van der Waals surface area contributed by atoms with Crippen LogP contribution in [0.15, 0.2) is 0 Å². The maximum absolute atomic E-state index is 10.6. The van der Waals surface area contributed by atoms with Crippen molar-refractivity contribution in [3.05, 3.63) is 0 Å². The minimum absolute atomic E-state index is 0.0417. The number of hydrogen-bond donors (Lipinski definition) is 2. The van der Waals surface area contributed by atoms with Crippen LogP contribution in [0.3, 0.4) is 0 Å². The monoisotopic (exact) mass is 276 g/mol. The molecular weight excluding hydrogens is 244 g/mol. The fourth-order valence-electron chi connectivity index (χ4n) is 0.697. The quantitative estimate of drug-likeness (QED) is 0.577. The summed E-state index contributed by atoms with van der Waals surface area (Å²) in [5.41, 5.74) is 0.0417. The average molecular weight is 276 g/mol. The fraction of sp³-hybridized carbons (Fsp3) is 0.857. The summed E-state index contributed by atoms with van der Waals surface area (Å²) in [5.74, 6) is 0.0519. The summed E-state index contributed by atoms with van der Waals surface area (Å²) >= 11 is 0. The maximum atomic E-state index is 10.6. The zero-order valence-corrected chi connectivity index (χ0v) is 13.6. The molecule has 0 aromatic rings. The van der Waals surface area contributed by atoms with Gasteiger partial charge in [-0.05, 0) is 33.6 Å². The number of amides is 2. The third kappa shape index (κ3) is 31.6. The molecule has 19 heavy (non-hydrogen) atoms. The van der Waals surface area contributed by atoms with E-state index in [0.29, 0.717) is 19.4 Å². The summed E-state index contributed by atoms with van der Waals surface area (Å²) in [5, 5.41) is 5.05. The van der Waals surface area contributed by atoms with E-state index < -0.39 is 0 Å².